The minimum absolute atomic E-state index is 0.301. The topological polar surface area (TPSA) is 63.2 Å². The molecule has 1 aromatic rings. The standard InChI is InChI=1S/C25H42N6O/c1-3-26-25(28-13-8-16-31-15-7-11-24(31)32)27-12-4-5-14-29-17-19-30(20-18-29)23-10-6-9-22(2)21-23/h6,9-10,21H,3-5,7-8,11-20H2,1-2H3,(H2,26,27,28). The van der Waals surface area contributed by atoms with Crippen LogP contribution in [0.5, 0.6) is 0 Å². The average Bonchev–Trinajstić information content (AvgIpc) is 3.21. The molecule has 2 heterocycles. The highest BCUT2D eigenvalue weighted by Gasteiger charge is 2.19. The van der Waals surface area contributed by atoms with Crippen molar-refractivity contribution in [1.82, 2.24) is 20.4 Å². The Morgan fingerprint density at radius 3 is 2.59 bits per heavy atom. The first-order valence-electron chi connectivity index (χ1n) is 12.5. The second-order valence-electron chi connectivity index (χ2n) is 8.90. The molecule has 3 rings (SSSR count). The Bertz CT molecular complexity index is 729. The second kappa shape index (κ2) is 13.3. The van der Waals surface area contributed by atoms with Crippen LogP contribution in [0, 0.1) is 6.92 Å². The summed E-state index contributed by atoms with van der Waals surface area (Å²) in [5, 5.41) is 6.79. The van der Waals surface area contributed by atoms with Crippen molar-refractivity contribution in [2.75, 3.05) is 70.3 Å². The number of amides is 1. The molecular weight excluding hydrogens is 400 g/mol. The van der Waals surface area contributed by atoms with Gasteiger partial charge in [0.05, 0.1) is 0 Å². The number of nitrogens with one attached hydrogen (secondary N) is 2. The van der Waals surface area contributed by atoms with E-state index in [-0.39, 0.29) is 0 Å². The quantitative estimate of drug-likeness (QED) is 0.313. The summed E-state index contributed by atoms with van der Waals surface area (Å²) in [4.78, 5) is 23.4. The van der Waals surface area contributed by atoms with Crippen LogP contribution in [0.3, 0.4) is 0 Å². The summed E-state index contributed by atoms with van der Waals surface area (Å²) >= 11 is 0. The molecule has 1 amide bonds. The number of aryl methyl sites for hydroxylation is 1. The Morgan fingerprint density at radius 2 is 1.88 bits per heavy atom. The van der Waals surface area contributed by atoms with Gasteiger partial charge in [-0.05, 0) is 63.8 Å². The fourth-order valence-electron chi connectivity index (χ4n) is 4.46. The fourth-order valence-corrected chi connectivity index (χ4v) is 4.46. The maximum absolute atomic E-state index is 11.7. The molecule has 0 aliphatic carbocycles. The third-order valence-electron chi connectivity index (χ3n) is 6.30. The van der Waals surface area contributed by atoms with Gasteiger partial charge < -0.3 is 20.4 Å². The Kier molecular flexibility index (Phi) is 10.1. The van der Waals surface area contributed by atoms with Gasteiger partial charge in [-0.25, -0.2) is 0 Å². The van der Waals surface area contributed by atoms with E-state index in [4.69, 9.17) is 0 Å². The van der Waals surface area contributed by atoms with Crippen molar-refractivity contribution in [2.24, 2.45) is 4.99 Å². The zero-order chi connectivity index (χ0) is 22.6. The summed E-state index contributed by atoms with van der Waals surface area (Å²) in [6.07, 6.45) is 5.00. The third-order valence-corrected chi connectivity index (χ3v) is 6.30. The van der Waals surface area contributed by atoms with Crippen LogP contribution in [-0.2, 0) is 4.79 Å². The van der Waals surface area contributed by atoms with E-state index in [9.17, 15) is 4.79 Å². The molecule has 2 aliphatic heterocycles. The summed E-state index contributed by atoms with van der Waals surface area (Å²) in [7, 11) is 0. The van der Waals surface area contributed by atoms with Crippen LogP contribution in [0.2, 0.25) is 0 Å². The van der Waals surface area contributed by atoms with Crippen molar-refractivity contribution in [1.29, 1.82) is 0 Å². The lowest BCUT2D eigenvalue weighted by molar-refractivity contribution is -0.127. The number of piperazine rings is 1. The number of anilines is 1. The SMILES string of the molecule is CCNC(=NCCCN1CCCC1=O)NCCCCN1CCN(c2cccc(C)c2)CC1. The number of carbonyl (C=O) groups excluding carboxylic acids is 1. The van der Waals surface area contributed by atoms with Gasteiger partial charge in [0.25, 0.3) is 0 Å². The van der Waals surface area contributed by atoms with Gasteiger partial charge in [-0.3, -0.25) is 14.7 Å². The summed E-state index contributed by atoms with van der Waals surface area (Å²) in [6.45, 7) is 14.3. The maximum Gasteiger partial charge on any atom is 0.222 e. The molecule has 0 bridgehead atoms. The van der Waals surface area contributed by atoms with E-state index in [1.165, 1.54) is 24.2 Å². The predicted octanol–water partition coefficient (Wildman–Crippen LogP) is 2.46. The van der Waals surface area contributed by atoms with Crippen molar-refractivity contribution in [3.05, 3.63) is 29.8 Å². The van der Waals surface area contributed by atoms with Gasteiger partial charge in [0, 0.05) is 71.0 Å². The molecule has 2 N–H and O–H groups in total. The lowest BCUT2D eigenvalue weighted by atomic mass is 10.2. The Balaban J connectivity index is 1.26. The van der Waals surface area contributed by atoms with Crippen LogP contribution in [0.15, 0.2) is 29.3 Å². The van der Waals surface area contributed by atoms with Crippen LogP contribution < -0.4 is 15.5 Å². The molecule has 0 unspecified atom stereocenters. The van der Waals surface area contributed by atoms with Gasteiger partial charge in [0.15, 0.2) is 5.96 Å². The van der Waals surface area contributed by atoms with Crippen molar-refractivity contribution in [3.8, 4) is 0 Å². The monoisotopic (exact) mass is 442 g/mol. The molecule has 0 radical (unpaired) electrons. The van der Waals surface area contributed by atoms with Crippen molar-refractivity contribution in [3.63, 3.8) is 0 Å². The van der Waals surface area contributed by atoms with Crippen molar-refractivity contribution in [2.45, 2.75) is 46.0 Å². The molecule has 0 spiro atoms. The molecule has 2 fully saturated rings. The van der Waals surface area contributed by atoms with E-state index >= 15 is 0 Å². The number of hydrogen-bond acceptors (Lipinski definition) is 4. The molecule has 7 nitrogen and oxygen atoms in total. The maximum atomic E-state index is 11.7. The van der Waals surface area contributed by atoms with Crippen LogP contribution in [0.1, 0.15) is 44.6 Å². The highest BCUT2D eigenvalue weighted by molar-refractivity contribution is 5.79. The first-order valence-corrected chi connectivity index (χ1v) is 12.5. The fraction of sp³-hybridized carbons (Fsp3) is 0.680. The third kappa shape index (κ3) is 8.01. The summed E-state index contributed by atoms with van der Waals surface area (Å²) in [5.41, 5.74) is 2.69. The zero-order valence-corrected chi connectivity index (χ0v) is 20.1. The first-order chi connectivity index (χ1) is 15.7. The Labute approximate surface area is 194 Å². The Morgan fingerprint density at radius 1 is 1.03 bits per heavy atom. The molecule has 178 valence electrons. The molecule has 32 heavy (non-hydrogen) atoms. The average molecular weight is 443 g/mol. The molecule has 0 aromatic heterocycles. The zero-order valence-electron chi connectivity index (χ0n) is 20.1. The number of benzene rings is 1. The van der Waals surface area contributed by atoms with Crippen molar-refractivity contribution < 1.29 is 4.79 Å². The highest BCUT2D eigenvalue weighted by atomic mass is 16.2. The molecule has 2 aliphatic rings. The van der Waals surface area contributed by atoms with E-state index < -0.39 is 0 Å². The van der Waals surface area contributed by atoms with Crippen LogP contribution in [0.4, 0.5) is 5.69 Å². The van der Waals surface area contributed by atoms with Crippen LogP contribution in [0.25, 0.3) is 0 Å². The molecular formula is C25H42N6O. The first kappa shape index (κ1) is 24.4. The number of likely N-dealkylation sites (tertiary alicyclic amines) is 1. The van der Waals surface area contributed by atoms with Gasteiger partial charge in [0.2, 0.25) is 5.91 Å². The number of nitrogens with zero attached hydrogens (tertiary/aromatic N) is 4. The molecule has 2 saturated heterocycles. The van der Waals surface area contributed by atoms with Gasteiger partial charge in [-0.2, -0.15) is 0 Å². The van der Waals surface area contributed by atoms with E-state index in [0.29, 0.717) is 5.91 Å². The molecule has 0 saturated carbocycles. The number of guanidine groups is 1. The van der Waals surface area contributed by atoms with Gasteiger partial charge >= 0.3 is 0 Å². The van der Waals surface area contributed by atoms with Crippen molar-refractivity contribution >= 4 is 17.6 Å². The lowest BCUT2D eigenvalue weighted by Crippen LogP contribution is -2.46. The smallest absolute Gasteiger partial charge is 0.222 e. The Hall–Kier alpha value is -2.28. The lowest BCUT2D eigenvalue weighted by Gasteiger charge is -2.36. The highest BCUT2D eigenvalue weighted by Crippen LogP contribution is 2.18. The number of carbonyl (C=O) groups is 1. The van der Waals surface area contributed by atoms with E-state index in [0.717, 1.165) is 90.5 Å². The van der Waals surface area contributed by atoms with E-state index in [1.807, 2.05) is 4.90 Å². The predicted molar refractivity (Wildman–Crippen MR) is 133 cm³/mol. The minimum atomic E-state index is 0.301. The number of hydrogen-bond donors (Lipinski definition) is 2. The normalized spacial score (nSPS) is 17.8. The molecule has 7 heteroatoms. The minimum Gasteiger partial charge on any atom is -0.369 e. The van der Waals surface area contributed by atoms with Gasteiger partial charge in [-0.15, -0.1) is 0 Å². The van der Waals surface area contributed by atoms with E-state index in [1.54, 1.807) is 0 Å². The van der Waals surface area contributed by atoms with Gasteiger partial charge in [-0.1, -0.05) is 12.1 Å². The summed E-state index contributed by atoms with van der Waals surface area (Å²) in [5.74, 6) is 1.20. The van der Waals surface area contributed by atoms with Gasteiger partial charge in [0.1, 0.15) is 0 Å². The van der Waals surface area contributed by atoms with E-state index in [2.05, 4.69) is 63.5 Å². The van der Waals surface area contributed by atoms with Crippen LogP contribution >= 0.6 is 0 Å². The summed E-state index contributed by atoms with van der Waals surface area (Å²) in [6, 6.07) is 8.83. The summed E-state index contributed by atoms with van der Waals surface area (Å²) < 4.78 is 0. The molecule has 1 aromatic carbocycles. The second-order valence-corrected chi connectivity index (χ2v) is 8.90. The number of rotatable bonds is 11. The number of aliphatic imine (C=N–C) groups is 1. The largest absolute Gasteiger partial charge is 0.369 e. The molecule has 0 atom stereocenters. The van der Waals surface area contributed by atoms with Crippen LogP contribution in [-0.4, -0.2) is 87.1 Å². The number of unbranched alkanes of at least 4 members (excludes halogenated alkanes) is 1.